The predicted molar refractivity (Wildman–Crippen MR) is 92.2 cm³/mol. The summed E-state index contributed by atoms with van der Waals surface area (Å²) in [6, 6.07) is 6.48. The fourth-order valence-electron chi connectivity index (χ4n) is 3.13. The van der Waals surface area contributed by atoms with E-state index in [4.69, 9.17) is 9.47 Å². The maximum atomic E-state index is 9.43. The highest BCUT2D eigenvalue weighted by molar-refractivity contribution is 5.42. The number of benzene rings is 1. The summed E-state index contributed by atoms with van der Waals surface area (Å²) in [6.45, 7) is 10.0. The minimum atomic E-state index is 0.257. The van der Waals surface area contributed by atoms with Gasteiger partial charge in [-0.3, -0.25) is 9.80 Å². The van der Waals surface area contributed by atoms with E-state index >= 15 is 0 Å². The van der Waals surface area contributed by atoms with Gasteiger partial charge in [0.05, 0.1) is 20.3 Å². The van der Waals surface area contributed by atoms with Crippen molar-refractivity contribution >= 4 is 0 Å². The minimum absolute atomic E-state index is 0.257. The molecule has 130 valence electrons. The average Bonchev–Trinajstić information content (AvgIpc) is 2.59. The molecule has 5 heteroatoms. The molecule has 5 nitrogen and oxygen atoms in total. The molecule has 1 N–H and O–H groups in total. The Bertz CT molecular complexity index is 469. The largest absolute Gasteiger partial charge is 0.493 e. The number of aliphatic hydroxyl groups is 1. The van der Waals surface area contributed by atoms with Crippen molar-refractivity contribution in [2.24, 2.45) is 0 Å². The summed E-state index contributed by atoms with van der Waals surface area (Å²) in [7, 11) is 1.68. The van der Waals surface area contributed by atoms with Crippen LogP contribution in [0, 0.1) is 0 Å². The Morgan fingerprint density at radius 1 is 1.13 bits per heavy atom. The Morgan fingerprint density at radius 3 is 2.43 bits per heavy atom. The van der Waals surface area contributed by atoms with E-state index in [2.05, 4.69) is 28.9 Å². The summed E-state index contributed by atoms with van der Waals surface area (Å²) in [5, 5.41) is 9.43. The summed E-state index contributed by atoms with van der Waals surface area (Å²) >= 11 is 0. The van der Waals surface area contributed by atoms with Crippen molar-refractivity contribution in [1.29, 1.82) is 0 Å². The predicted octanol–water partition coefficient (Wildman–Crippen LogP) is 1.98. The zero-order valence-electron chi connectivity index (χ0n) is 14.6. The van der Waals surface area contributed by atoms with Gasteiger partial charge in [0.1, 0.15) is 0 Å². The second-order valence-corrected chi connectivity index (χ2v) is 5.97. The number of nitrogens with zero attached hydrogens (tertiary/aromatic N) is 2. The van der Waals surface area contributed by atoms with Gasteiger partial charge in [0.2, 0.25) is 0 Å². The number of methoxy groups -OCH3 is 1. The van der Waals surface area contributed by atoms with Crippen LogP contribution < -0.4 is 9.47 Å². The molecule has 1 atom stereocenters. The third-order valence-electron chi connectivity index (χ3n) is 4.54. The van der Waals surface area contributed by atoms with E-state index in [0.717, 1.165) is 50.6 Å². The zero-order valence-corrected chi connectivity index (χ0v) is 14.6. The molecule has 1 aromatic carbocycles. The molecule has 0 aromatic heterocycles. The van der Waals surface area contributed by atoms with Crippen LogP contribution in [0.2, 0.25) is 0 Å². The molecule has 1 aliphatic heterocycles. The number of rotatable bonds is 8. The molecule has 23 heavy (non-hydrogen) atoms. The van der Waals surface area contributed by atoms with Crippen molar-refractivity contribution in [1.82, 2.24) is 9.80 Å². The topological polar surface area (TPSA) is 45.2 Å². The van der Waals surface area contributed by atoms with Gasteiger partial charge in [-0.1, -0.05) is 13.0 Å². The molecule has 1 fully saturated rings. The lowest BCUT2D eigenvalue weighted by molar-refractivity contribution is 0.0608. The van der Waals surface area contributed by atoms with Crippen LogP contribution in [0.4, 0.5) is 0 Å². The van der Waals surface area contributed by atoms with Gasteiger partial charge < -0.3 is 14.6 Å². The van der Waals surface area contributed by atoms with Crippen molar-refractivity contribution in [2.75, 3.05) is 46.5 Å². The van der Waals surface area contributed by atoms with Crippen LogP contribution in [-0.4, -0.2) is 67.5 Å². The molecule has 0 aliphatic carbocycles. The first-order chi connectivity index (χ1) is 11.2. The van der Waals surface area contributed by atoms with Crippen molar-refractivity contribution in [3.8, 4) is 11.5 Å². The van der Waals surface area contributed by atoms with E-state index in [1.54, 1.807) is 7.11 Å². The molecule has 1 aromatic rings. The average molecular weight is 322 g/mol. The van der Waals surface area contributed by atoms with Gasteiger partial charge in [-0.25, -0.2) is 0 Å². The van der Waals surface area contributed by atoms with Crippen LogP contribution in [0.5, 0.6) is 11.5 Å². The zero-order chi connectivity index (χ0) is 16.7. The molecular formula is C18H30N2O3. The van der Waals surface area contributed by atoms with Crippen LogP contribution in [0.25, 0.3) is 0 Å². The van der Waals surface area contributed by atoms with Crippen LogP contribution in [-0.2, 0) is 6.54 Å². The lowest BCUT2D eigenvalue weighted by Gasteiger charge is -2.38. The number of aliphatic hydroxyl groups excluding tert-OH is 1. The van der Waals surface area contributed by atoms with E-state index < -0.39 is 0 Å². The molecule has 0 spiro atoms. The summed E-state index contributed by atoms with van der Waals surface area (Å²) in [5.41, 5.74) is 1.24. The molecule has 0 amide bonds. The lowest BCUT2D eigenvalue weighted by atomic mass is 10.1. The number of piperazine rings is 1. The molecule has 0 saturated carbocycles. The smallest absolute Gasteiger partial charge is 0.161 e. The van der Waals surface area contributed by atoms with Gasteiger partial charge in [0, 0.05) is 38.8 Å². The maximum Gasteiger partial charge on any atom is 0.161 e. The quantitative estimate of drug-likeness (QED) is 0.793. The van der Waals surface area contributed by atoms with E-state index in [-0.39, 0.29) is 6.61 Å². The van der Waals surface area contributed by atoms with Crippen LogP contribution in [0.3, 0.4) is 0 Å². The van der Waals surface area contributed by atoms with Crippen molar-refractivity contribution in [3.63, 3.8) is 0 Å². The third kappa shape index (κ3) is 4.83. The molecule has 1 heterocycles. The Kier molecular flexibility index (Phi) is 7.15. The van der Waals surface area contributed by atoms with Gasteiger partial charge in [0.15, 0.2) is 11.5 Å². The van der Waals surface area contributed by atoms with Crippen LogP contribution >= 0.6 is 0 Å². The van der Waals surface area contributed by atoms with E-state index in [0.29, 0.717) is 12.6 Å². The monoisotopic (exact) mass is 322 g/mol. The Labute approximate surface area is 139 Å². The Balaban J connectivity index is 1.91. The van der Waals surface area contributed by atoms with E-state index in [9.17, 15) is 5.11 Å². The van der Waals surface area contributed by atoms with Gasteiger partial charge in [-0.15, -0.1) is 0 Å². The summed E-state index contributed by atoms with van der Waals surface area (Å²) in [4.78, 5) is 4.85. The van der Waals surface area contributed by atoms with E-state index in [1.807, 2.05) is 13.0 Å². The van der Waals surface area contributed by atoms with Crippen LogP contribution in [0.1, 0.15) is 25.8 Å². The first-order valence-electron chi connectivity index (χ1n) is 8.58. The highest BCUT2D eigenvalue weighted by atomic mass is 16.5. The minimum Gasteiger partial charge on any atom is -0.493 e. The van der Waals surface area contributed by atoms with Crippen LogP contribution in [0.15, 0.2) is 18.2 Å². The number of hydrogen-bond donors (Lipinski definition) is 1. The third-order valence-corrected chi connectivity index (χ3v) is 4.54. The normalized spacial score (nSPS) is 17.9. The molecule has 1 saturated heterocycles. The fourth-order valence-corrected chi connectivity index (χ4v) is 3.13. The molecule has 1 unspecified atom stereocenters. The van der Waals surface area contributed by atoms with Crippen molar-refractivity contribution < 1.29 is 14.6 Å². The number of hydrogen-bond acceptors (Lipinski definition) is 5. The lowest BCUT2D eigenvalue weighted by Crippen LogP contribution is -2.50. The van der Waals surface area contributed by atoms with Gasteiger partial charge in [-0.05, 0) is 31.0 Å². The summed E-state index contributed by atoms with van der Waals surface area (Å²) in [6.07, 6.45) is 1.01. The Hall–Kier alpha value is -1.30. The second kappa shape index (κ2) is 9.11. The number of ether oxygens (including phenoxy) is 2. The SMILES string of the molecule is CCOc1ccc(CN2CCN(C(CC)CO)CC2)cc1OC. The maximum absolute atomic E-state index is 9.43. The first kappa shape index (κ1) is 18.0. The highest BCUT2D eigenvalue weighted by Crippen LogP contribution is 2.28. The van der Waals surface area contributed by atoms with Crippen molar-refractivity contribution in [2.45, 2.75) is 32.9 Å². The highest BCUT2D eigenvalue weighted by Gasteiger charge is 2.22. The summed E-state index contributed by atoms with van der Waals surface area (Å²) in [5.74, 6) is 1.60. The molecular weight excluding hydrogens is 292 g/mol. The van der Waals surface area contributed by atoms with Gasteiger partial charge >= 0.3 is 0 Å². The second-order valence-electron chi connectivity index (χ2n) is 5.97. The van der Waals surface area contributed by atoms with Gasteiger partial charge in [0.25, 0.3) is 0 Å². The first-order valence-corrected chi connectivity index (χ1v) is 8.58. The van der Waals surface area contributed by atoms with Gasteiger partial charge in [-0.2, -0.15) is 0 Å². The van der Waals surface area contributed by atoms with E-state index in [1.165, 1.54) is 5.56 Å². The Morgan fingerprint density at radius 2 is 1.87 bits per heavy atom. The molecule has 0 radical (unpaired) electrons. The molecule has 0 bridgehead atoms. The fraction of sp³-hybridized carbons (Fsp3) is 0.667. The summed E-state index contributed by atoms with van der Waals surface area (Å²) < 4.78 is 11.0. The molecule has 1 aliphatic rings. The molecule has 2 rings (SSSR count). The standard InChI is InChI=1S/C18H30N2O3/c1-4-16(14-21)20-10-8-19(9-11-20)13-15-6-7-17(23-5-2)18(12-15)22-3/h6-7,12,16,21H,4-5,8-11,13-14H2,1-3H3. The van der Waals surface area contributed by atoms with Crippen molar-refractivity contribution in [3.05, 3.63) is 23.8 Å².